The Kier molecular flexibility index (Phi) is 4.44. The Bertz CT molecular complexity index is 702. The molecule has 21 heavy (non-hydrogen) atoms. The van der Waals surface area contributed by atoms with Gasteiger partial charge >= 0.3 is 0 Å². The molecule has 7 heteroatoms. The lowest BCUT2D eigenvalue weighted by atomic mass is 10.2. The molecule has 2 heterocycles. The first-order chi connectivity index (χ1) is 9.73. The normalized spacial score (nSPS) is 12.7. The van der Waals surface area contributed by atoms with E-state index in [4.69, 9.17) is 23.2 Å². The molecule has 1 atom stereocenters. The number of carbonyl (C=O) groups excluding carboxylic acids is 1. The number of carbonyl (C=O) groups is 1. The van der Waals surface area contributed by atoms with Gasteiger partial charge in [0.25, 0.3) is 0 Å². The predicted octanol–water partition coefficient (Wildman–Crippen LogP) is 3.91. The van der Waals surface area contributed by atoms with Crippen LogP contribution in [0.3, 0.4) is 0 Å². The molecule has 0 aliphatic carbocycles. The maximum Gasteiger partial charge on any atom is 0.249 e. The summed E-state index contributed by atoms with van der Waals surface area (Å²) in [6, 6.07) is -0.105. The van der Waals surface area contributed by atoms with Crippen LogP contribution in [0.5, 0.6) is 0 Å². The Balaban J connectivity index is 2.22. The Morgan fingerprint density at radius 3 is 2.00 bits per heavy atom. The van der Waals surface area contributed by atoms with Crippen LogP contribution >= 0.6 is 23.2 Å². The van der Waals surface area contributed by atoms with E-state index in [9.17, 15) is 4.79 Å². The van der Waals surface area contributed by atoms with Crippen molar-refractivity contribution in [1.29, 1.82) is 0 Å². The van der Waals surface area contributed by atoms with Crippen molar-refractivity contribution in [2.45, 2.75) is 47.1 Å². The van der Waals surface area contributed by atoms with E-state index in [0.29, 0.717) is 21.4 Å². The van der Waals surface area contributed by atoms with Crippen molar-refractivity contribution in [2.24, 2.45) is 0 Å². The Morgan fingerprint density at radius 2 is 1.57 bits per heavy atom. The highest BCUT2D eigenvalue weighted by Gasteiger charge is 2.21. The molecule has 0 spiro atoms. The highest BCUT2D eigenvalue weighted by Crippen LogP contribution is 2.25. The van der Waals surface area contributed by atoms with E-state index in [-0.39, 0.29) is 18.4 Å². The van der Waals surface area contributed by atoms with Gasteiger partial charge in [0.2, 0.25) is 5.91 Å². The van der Waals surface area contributed by atoms with Crippen LogP contribution in [0.4, 0.5) is 0 Å². The summed E-state index contributed by atoms with van der Waals surface area (Å²) in [5.74, 6) is -0.112. The van der Waals surface area contributed by atoms with Crippen molar-refractivity contribution in [3.05, 3.63) is 32.8 Å². The highest BCUT2D eigenvalue weighted by atomic mass is 35.5. The smallest absolute Gasteiger partial charge is 0.249 e. The molecule has 0 saturated carbocycles. The molecule has 0 N–H and O–H groups in total. The molecule has 0 amide bonds. The van der Waals surface area contributed by atoms with Crippen LogP contribution < -0.4 is 0 Å². The summed E-state index contributed by atoms with van der Waals surface area (Å²) in [4.78, 5) is 12.4. The van der Waals surface area contributed by atoms with Crippen molar-refractivity contribution in [3.63, 3.8) is 0 Å². The third-order valence-electron chi connectivity index (χ3n) is 3.56. The van der Waals surface area contributed by atoms with Crippen LogP contribution in [-0.4, -0.2) is 25.5 Å². The molecule has 2 rings (SSSR count). The highest BCUT2D eigenvalue weighted by molar-refractivity contribution is 6.32. The van der Waals surface area contributed by atoms with Crippen molar-refractivity contribution in [3.8, 4) is 0 Å². The lowest BCUT2D eigenvalue weighted by molar-refractivity contribution is 0.0863. The van der Waals surface area contributed by atoms with Crippen LogP contribution in [0.2, 0.25) is 10.0 Å². The lowest BCUT2D eigenvalue weighted by Crippen LogP contribution is -2.20. The zero-order chi connectivity index (χ0) is 15.9. The van der Waals surface area contributed by atoms with Crippen molar-refractivity contribution >= 4 is 29.1 Å². The molecule has 0 radical (unpaired) electrons. The Hall–Kier alpha value is -1.33. The number of rotatable bonds is 3. The molecule has 2 aromatic heterocycles. The summed E-state index contributed by atoms with van der Waals surface area (Å²) < 4.78 is 3.14. The van der Waals surface area contributed by atoms with Crippen LogP contribution in [-0.2, 0) is 0 Å². The number of hydrogen-bond donors (Lipinski definition) is 0. The quantitative estimate of drug-likeness (QED) is 0.858. The SMILES string of the molecule is Cc1nn(C(=O)C[C@@H](C)n2nc(C)c(Cl)c2C)c(C)c1Cl. The molecule has 0 aliphatic heterocycles. The van der Waals surface area contributed by atoms with Gasteiger partial charge < -0.3 is 0 Å². The minimum absolute atomic E-state index is 0.105. The maximum atomic E-state index is 12.4. The molecule has 0 unspecified atom stereocenters. The molecule has 114 valence electrons. The lowest BCUT2D eigenvalue weighted by Gasteiger charge is -2.14. The fourth-order valence-corrected chi connectivity index (χ4v) is 2.61. The van der Waals surface area contributed by atoms with E-state index in [1.807, 2.05) is 20.8 Å². The predicted molar refractivity (Wildman–Crippen MR) is 83.4 cm³/mol. The second kappa shape index (κ2) is 5.81. The van der Waals surface area contributed by atoms with E-state index in [0.717, 1.165) is 11.4 Å². The average Bonchev–Trinajstić information content (AvgIpc) is 2.84. The van der Waals surface area contributed by atoms with Crippen LogP contribution in [0.1, 0.15) is 47.0 Å². The minimum Gasteiger partial charge on any atom is -0.272 e. The van der Waals surface area contributed by atoms with E-state index >= 15 is 0 Å². The maximum absolute atomic E-state index is 12.4. The van der Waals surface area contributed by atoms with Gasteiger partial charge in [-0.15, -0.1) is 0 Å². The van der Waals surface area contributed by atoms with Gasteiger partial charge in [-0.3, -0.25) is 9.48 Å². The molecule has 0 saturated heterocycles. The van der Waals surface area contributed by atoms with Crippen molar-refractivity contribution in [1.82, 2.24) is 19.6 Å². The largest absolute Gasteiger partial charge is 0.272 e. The standard InChI is InChI=1S/C14H18Cl2N4O/c1-7(19-10(4)13(15)8(2)17-19)6-12(21)20-11(5)14(16)9(3)18-20/h7H,6H2,1-5H3/t7-/m1/s1. The molecule has 2 aromatic rings. The number of hydrogen-bond acceptors (Lipinski definition) is 3. The Labute approximate surface area is 133 Å². The molecule has 0 bridgehead atoms. The van der Waals surface area contributed by atoms with Crippen LogP contribution in [0, 0.1) is 27.7 Å². The first-order valence-corrected chi connectivity index (χ1v) is 7.45. The number of nitrogens with zero attached hydrogens (tertiary/aromatic N) is 4. The van der Waals surface area contributed by atoms with Gasteiger partial charge in [-0.25, -0.2) is 4.68 Å². The summed E-state index contributed by atoms with van der Waals surface area (Å²) >= 11 is 12.2. The number of halogens is 2. The van der Waals surface area contributed by atoms with Gasteiger partial charge in [0, 0.05) is 0 Å². The zero-order valence-corrected chi connectivity index (χ0v) is 14.2. The van der Waals surface area contributed by atoms with E-state index < -0.39 is 0 Å². The molecule has 0 aliphatic rings. The van der Waals surface area contributed by atoms with Gasteiger partial charge in [-0.05, 0) is 34.6 Å². The van der Waals surface area contributed by atoms with Gasteiger partial charge in [0.05, 0.1) is 45.3 Å². The van der Waals surface area contributed by atoms with E-state index in [1.165, 1.54) is 4.68 Å². The van der Waals surface area contributed by atoms with Gasteiger partial charge in [-0.1, -0.05) is 23.2 Å². The average molecular weight is 329 g/mol. The first kappa shape index (κ1) is 16.0. The number of aryl methyl sites for hydroxylation is 2. The second-order valence-corrected chi connectivity index (χ2v) is 6.03. The fourth-order valence-electron chi connectivity index (χ4n) is 2.36. The van der Waals surface area contributed by atoms with Crippen LogP contribution in [0.15, 0.2) is 0 Å². The summed E-state index contributed by atoms with van der Waals surface area (Å²) in [6.45, 7) is 9.24. The van der Waals surface area contributed by atoms with Crippen molar-refractivity contribution < 1.29 is 4.79 Å². The minimum atomic E-state index is -0.112. The summed E-state index contributed by atoms with van der Waals surface area (Å²) in [6.07, 6.45) is 0.274. The molecule has 5 nitrogen and oxygen atoms in total. The fraction of sp³-hybridized carbons (Fsp3) is 0.500. The molecular weight excluding hydrogens is 311 g/mol. The second-order valence-electron chi connectivity index (χ2n) is 5.27. The van der Waals surface area contributed by atoms with E-state index in [2.05, 4.69) is 10.2 Å². The molecule has 0 fully saturated rings. The summed E-state index contributed by atoms with van der Waals surface area (Å²) in [7, 11) is 0. The third-order valence-corrected chi connectivity index (χ3v) is 4.66. The van der Waals surface area contributed by atoms with Gasteiger partial charge in [-0.2, -0.15) is 10.2 Å². The van der Waals surface area contributed by atoms with Gasteiger partial charge in [0.1, 0.15) is 0 Å². The topological polar surface area (TPSA) is 52.7 Å². The monoisotopic (exact) mass is 328 g/mol. The Morgan fingerprint density at radius 1 is 1.05 bits per heavy atom. The summed E-state index contributed by atoms with van der Waals surface area (Å²) in [5.41, 5.74) is 2.95. The zero-order valence-electron chi connectivity index (χ0n) is 12.7. The van der Waals surface area contributed by atoms with Crippen molar-refractivity contribution in [2.75, 3.05) is 0 Å². The van der Waals surface area contributed by atoms with Gasteiger partial charge in [0.15, 0.2) is 0 Å². The first-order valence-electron chi connectivity index (χ1n) is 6.70. The molecular formula is C14H18Cl2N4O. The van der Waals surface area contributed by atoms with Crippen LogP contribution in [0.25, 0.3) is 0 Å². The number of aromatic nitrogens is 4. The third kappa shape index (κ3) is 2.85. The molecule has 0 aromatic carbocycles. The summed E-state index contributed by atoms with van der Waals surface area (Å²) in [5, 5.41) is 9.73. The van der Waals surface area contributed by atoms with E-state index in [1.54, 1.807) is 18.5 Å².